The van der Waals surface area contributed by atoms with Gasteiger partial charge in [0.05, 0.1) is 13.2 Å². The number of nitrogens with one attached hydrogen (secondary N) is 1. The van der Waals surface area contributed by atoms with Gasteiger partial charge in [-0.2, -0.15) is 0 Å². The Kier molecular flexibility index (Phi) is 6.75. The van der Waals surface area contributed by atoms with Crippen molar-refractivity contribution in [2.24, 2.45) is 0 Å². The highest BCUT2D eigenvalue weighted by molar-refractivity contribution is 5.80. The Labute approximate surface area is 116 Å². The standard InChI is InChI=1S/C14H28N2O3/c1-5-15-14(3,13(17)19-6-2)11-16(9-10-18-4)12-7-8-12/h12,15H,5-11H2,1-4H3. The molecule has 1 aliphatic carbocycles. The Morgan fingerprint density at radius 2 is 2.11 bits per heavy atom. The molecule has 0 radical (unpaired) electrons. The number of carbonyl (C=O) groups is 1. The van der Waals surface area contributed by atoms with Crippen LogP contribution in [0.4, 0.5) is 0 Å². The lowest BCUT2D eigenvalue weighted by Gasteiger charge is -2.34. The third-order valence-corrected chi connectivity index (χ3v) is 3.46. The summed E-state index contributed by atoms with van der Waals surface area (Å²) in [6.45, 7) is 9.18. The van der Waals surface area contributed by atoms with Crippen molar-refractivity contribution in [2.45, 2.75) is 45.2 Å². The number of hydrogen-bond donors (Lipinski definition) is 1. The van der Waals surface area contributed by atoms with Gasteiger partial charge in [0.1, 0.15) is 5.54 Å². The first-order valence-electron chi connectivity index (χ1n) is 7.22. The molecule has 1 aliphatic rings. The van der Waals surface area contributed by atoms with Crippen LogP contribution in [0.1, 0.15) is 33.6 Å². The van der Waals surface area contributed by atoms with Gasteiger partial charge in [-0.15, -0.1) is 0 Å². The van der Waals surface area contributed by atoms with Crippen LogP contribution in [0.25, 0.3) is 0 Å². The summed E-state index contributed by atoms with van der Waals surface area (Å²) < 4.78 is 10.4. The minimum absolute atomic E-state index is 0.167. The molecule has 0 spiro atoms. The molecule has 1 N–H and O–H groups in total. The van der Waals surface area contributed by atoms with Crippen molar-refractivity contribution < 1.29 is 14.3 Å². The SMILES string of the molecule is CCNC(C)(CN(CCOC)C1CC1)C(=O)OCC. The fourth-order valence-electron chi connectivity index (χ4n) is 2.32. The molecule has 0 amide bonds. The van der Waals surface area contributed by atoms with Crippen molar-refractivity contribution in [3.05, 3.63) is 0 Å². The molecule has 0 aliphatic heterocycles. The Balaban J connectivity index is 2.65. The van der Waals surface area contributed by atoms with E-state index in [0.717, 1.165) is 13.1 Å². The zero-order valence-electron chi connectivity index (χ0n) is 12.7. The molecule has 0 heterocycles. The van der Waals surface area contributed by atoms with Gasteiger partial charge in [0.15, 0.2) is 0 Å². The summed E-state index contributed by atoms with van der Waals surface area (Å²) in [7, 11) is 1.71. The average molecular weight is 272 g/mol. The van der Waals surface area contributed by atoms with E-state index < -0.39 is 5.54 Å². The molecular formula is C14H28N2O3. The first-order valence-corrected chi connectivity index (χ1v) is 7.22. The third-order valence-electron chi connectivity index (χ3n) is 3.46. The molecule has 0 bridgehead atoms. The van der Waals surface area contributed by atoms with Gasteiger partial charge in [0.25, 0.3) is 0 Å². The van der Waals surface area contributed by atoms with Crippen LogP contribution in [0.3, 0.4) is 0 Å². The summed E-state index contributed by atoms with van der Waals surface area (Å²) >= 11 is 0. The third kappa shape index (κ3) is 5.09. The molecule has 0 aromatic rings. The Bertz CT molecular complexity index is 282. The number of likely N-dealkylation sites (N-methyl/N-ethyl adjacent to an activating group) is 1. The van der Waals surface area contributed by atoms with Crippen molar-refractivity contribution in [1.82, 2.24) is 10.2 Å². The lowest BCUT2D eigenvalue weighted by atomic mass is 10.0. The lowest BCUT2D eigenvalue weighted by molar-refractivity contribution is -0.151. The monoisotopic (exact) mass is 272 g/mol. The van der Waals surface area contributed by atoms with E-state index in [1.165, 1.54) is 12.8 Å². The van der Waals surface area contributed by atoms with E-state index in [4.69, 9.17) is 9.47 Å². The molecule has 5 nitrogen and oxygen atoms in total. The number of esters is 1. The summed E-state index contributed by atoms with van der Waals surface area (Å²) in [6.07, 6.45) is 2.43. The number of ether oxygens (including phenoxy) is 2. The van der Waals surface area contributed by atoms with Crippen LogP contribution in [0.5, 0.6) is 0 Å². The second kappa shape index (κ2) is 7.82. The summed E-state index contributed by atoms with van der Waals surface area (Å²) in [4.78, 5) is 14.5. The molecule has 0 aromatic heterocycles. The normalized spacial score (nSPS) is 18.4. The van der Waals surface area contributed by atoms with Gasteiger partial charge in [0, 0.05) is 26.2 Å². The maximum absolute atomic E-state index is 12.2. The Hall–Kier alpha value is -0.650. The molecule has 1 saturated carbocycles. The van der Waals surface area contributed by atoms with Gasteiger partial charge < -0.3 is 14.8 Å². The van der Waals surface area contributed by atoms with Gasteiger partial charge >= 0.3 is 5.97 Å². The van der Waals surface area contributed by atoms with Gasteiger partial charge in [-0.1, -0.05) is 6.92 Å². The molecule has 0 saturated heterocycles. The molecule has 5 heteroatoms. The van der Waals surface area contributed by atoms with Crippen LogP contribution in [-0.4, -0.2) is 62.4 Å². The maximum atomic E-state index is 12.2. The lowest BCUT2D eigenvalue weighted by Crippen LogP contribution is -2.58. The summed E-state index contributed by atoms with van der Waals surface area (Å²) in [5.41, 5.74) is -0.638. The van der Waals surface area contributed by atoms with Crippen LogP contribution in [-0.2, 0) is 14.3 Å². The van der Waals surface area contributed by atoms with Crippen LogP contribution in [0, 0.1) is 0 Å². The zero-order valence-corrected chi connectivity index (χ0v) is 12.7. The fraction of sp³-hybridized carbons (Fsp3) is 0.929. The fourth-order valence-corrected chi connectivity index (χ4v) is 2.32. The number of methoxy groups -OCH3 is 1. The topological polar surface area (TPSA) is 50.8 Å². The van der Waals surface area contributed by atoms with E-state index in [-0.39, 0.29) is 5.97 Å². The van der Waals surface area contributed by atoms with Crippen molar-refractivity contribution in [1.29, 1.82) is 0 Å². The van der Waals surface area contributed by atoms with Gasteiger partial charge in [-0.3, -0.25) is 9.69 Å². The van der Waals surface area contributed by atoms with Gasteiger partial charge in [-0.25, -0.2) is 0 Å². The number of hydrogen-bond acceptors (Lipinski definition) is 5. The first-order chi connectivity index (χ1) is 9.07. The summed E-state index contributed by atoms with van der Waals surface area (Å²) in [5.74, 6) is -0.167. The van der Waals surface area contributed by atoms with E-state index >= 15 is 0 Å². The van der Waals surface area contributed by atoms with Gasteiger partial charge in [-0.05, 0) is 33.2 Å². The van der Waals surface area contributed by atoms with Crippen molar-refractivity contribution in [2.75, 3.05) is 40.0 Å². The summed E-state index contributed by atoms with van der Waals surface area (Å²) in [6, 6.07) is 0.600. The highest BCUT2D eigenvalue weighted by atomic mass is 16.5. The number of carbonyl (C=O) groups excluding carboxylic acids is 1. The minimum atomic E-state index is -0.638. The smallest absolute Gasteiger partial charge is 0.327 e. The Morgan fingerprint density at radius 1 is 1.42 bits per heavy atom. The maximum Gasteiger partial charge on any atom is 0.327 e. The van der Waals surface area contributed by atoms with Crippen LogP contribution < -0.4 is 5.32 Å². The average Bonchev–Trinajstić information content (AvgIpc) is 3.19. The largest absolute Gasteiger partial charge is 0.465 e. The number of nitrogens with zero attached hydrogens (tertiary/aromatic N) is 1. The molecule has 1 atom stereocenters. The van der Waals surface area contributed by atoms with Crippen LogP contribution in [0.15, 0.2) is 0 Å². The highest BCUT2D eigenvalue weighted by Gasteiger charge is 2.39. The van der Waals surface area contributed by atoms with Gasteiger partial charge in [0.2, 0.25) is 0 Å². The van der Waals surface area contributed by atoms with Crippen molar-refractivity contribution in [3.63, 3.8) is 0 Å². The van der Waals surface area contributed by atoms with E-state index in [1.54, 1.807) is 7.11 Å². The molecular weight excluding hydrogens is 244 g/mol. The predicted molar refractivity (Wildman–Crippen MR) is 75.2 cm³/mol. The molecule has 1 fully saturated rings. The second-order valence-electron chi connectivity index (χ2n) is 5.28. The predicted octanol–water partition coefficient (Wildman–Crippen LogP) is 1.03. The van der Waals surface area contributed by atoms with Crippen molar-refractivity contribution >= 4 is 5.97 Å². The Morgan fingerprint density at radius 3 is 2.58 bits per heavy atom. The minimum Gasteiger partial charge on any atom is -0.465 e. The quantitative estimate of drug-likeness (QED) is 0.602. The van der Waals surface area contributed by atoms with Crippen LogP contribution >= 0.6 is 0 Å². The first kappa shape index (κ1) is 16.4. The molecule has 19 heavy (non-hydrogen) atoms. The molecule has 112 valence electrons. The van der Waals surface area contributed by atoms with Crippen molar-refractivity contribution in [3.8, 4) is 0 Å². The van der Waals surface area contributed by atoms with Crippen LogP contribution in [0.2, 0.25) is 0 Å². The number of rotatable bonds is 10. The molecule has 0 aromatic carbocycles. The van der Waals surface area contributed by atoms with E-state index in [1.807, 2.05) is 20.8 Å². The van der Waals surface area contributed by atoms with E-state index in [2.05, 4.69) is 10.2 Å². The molecule has 1 rings (SSSR count). The summed E-state index contributed by atoms with van der Waals surface area (Å²) in [5, 5.41) is 3.28. The molecule has 1 unspecified atom stereocenters. The van der Waals surface area contributed by atoms with E-state index in [9.17, 15) is 4.79 Å². The zero-order chi connectivity index (χ0) is 14.3. The van der Waals surface area contributed by atoms with E-state index in [0.29, 0.717) is 25.8 Å². The second-order valence-corrected chi connectivity index (χ2v) is 5.28. The highest BCUT2D eigenvalue weighted by Crippen LogP contribution is 2.28.